The molecule has 1 amide bonds. The van der Waals surface area contributed by atoms with Gasteiger partial charge in [-0.1, -0.05) is 48.5 Å². The molecule has 0 atom stereocenters. The maximum Gasteiger partial charge on any atom is 0.272 e. The Morgan fingerprint density at radius 2 is 1.71 bits per heavy atom. The Kier molecular flexibility index (Phi) is 5.02. The van der Waals surface area contributed by atoms with Gasteiger partial charge < -0.3 is 0 Å². The van der Waals surface area contributed by atoms with Gasteiger partial charge in [-0.05, 0) is 24.3 Å². The zero-order chi connectivity index (χ0) is 19.2. The Bertz CT molecular complexity index is 1090. The van der Waals surface area contributed by atoms with Crippen molar-refractivity contribution in [2.75, 3.05) is 0 Å². The highest BCUT2D eigenvalue weighted by Crippen LogP contribution is 2.22. The highest BCUT2D eigenvalue weighted by molar-refractivity contribution is 5.95. The zero-order valence-electron chi connectivity index (χ0n) is 14.9. The first kappa shape index (κ1) is 17.4. The standard InChI is InChI=1S/C22H17N5O/c28-22(18-10-7-13-23-14-18)25-24-15-19-16-27(20-11-5-2-6-12-20)26-21(19)17-8-3-1-4-9-17/h1-16H,(H,25,28)/b24-15+. The number of hydrogen-bond donors (Lipinski definition) is 1. The number of amides is 1. The molecule has 0 saturated carbocycles. The molecule has 4 rings (SSSR count). The van der Waals surface area contributed by atoms with Crippen molar-refractivity contribution in [3.05, 3.63) is 103 Å². The van der Waals surface area contributed by atoms with E-state index in [9.17, 15) is 4.79 Å². The molecule has 2 aromatic heterocycles. The summed E-state index contributed by atoms with van der Waals surface area (Å²) in [6, 6.07) is 23.1. The van der Waals surface area contributed by atoms with Crippen LogP contribution in [0.2, 0.25) is 0 Å². The number of benzene rings is 2. The molecular formula is C22H17N5O. The molecule has 0 spiro atoms. The average molecular weight is 367 g/mol. The number of pyridine rings is 1. The summed E-state index contributed by atoms with van der Waals surface area (Å²) >= 11 is 0. The van der Waals surface area contributed by atoms with Crippen LogP contribution in [0.4, 0.5) is 0 Å². The fourth-order valence-corrected chi connectivity index (χ4v) is 2.74. The minimum absolute atomic E-state index is 0.318. The number of aromatic nitrogens is 3. The van der Waals surface area contributed by atoms with Crippen LogP contribution < -0.4 is 5.43 Å². The fourth-order valence-electron chi connectivity index (χ4n) is 2.74. The molecule has 0 aliphatic rings. The Morgan fingerprint density at radius 3 is 2.43 bits per heavy atom. The van der Waals surface area contributed by atoms with Gasteiger partial charge in [0.2, 0.25) is 0 Å². The lowest BCUT2D eigenvalue weighted by Crippen LogP contribution is -2.17. The van der Waals surface area contributed by atoms with Gasteiger partial charge in [0.15, 0.2) is 0 Å². The van der Waals surface area contributed by atoms with Crippen molar-refractivity contribution in [1.82, 2.24) is 20.2 Å². The van der Waals surface area contributed by atoms with Gasteiger partial charge in [0.1, 0.15) is 5.69 Å². The molecule has 2 heterocycles. The molecule has 0 fully saturated rings. The maximum absolute atomic E-state index is 12.1. The van der Waals surface area contributed by atoms with Gasteiger partial charge in [-0.2, -0.15) is 10.2 Å². The van der Waals surface area contributed by atoms with Crippen LogP contribution in [0.3, 0.4) is 0 Å². The smallest absolute Gasteiger partial charge is 0.267 e. The molecule has 1 N–H and O–H groups in total. The number of hydrazone groups is 1. The number of rotatable bonds is 5. The number of nitrogens with zero attached hydrogens (tertiary/aromatic N) is 4. The van der Waals surface area contributed by atoms with Crippen molar-refractivity contribution < 1.29 is 4.79 Å². The van der Waals surface area contributed by atoms with Gasteiger partial charge in [-0.25, -0.2) is 10.1 Å². The molecular weight excluding hydrogens is 350 g/mol. The van der Waals surface area contributed by atoms with Crippen LogP contribution in [-0.4, -0.2) is 26.9 Å². The van der Waals surface area contributed by atoms with Crippen LogP contribution in [0.5, 0.6) is 0 Å². The van der Waals surface area contributed by atoms with Gasteiger partial charge in [-0.15, -0.1) is 0 Å². The van der Waals surface area contributed by atoms with Crippen LogP contribution in [0.1, 0.15) is 15.9 Å². The first-order valence-electron chi connectivity index (χ1n) is 8.75. The maximum atomic E-state index is 12.1. The van der Waals surface area contributed by atoms with E-state index in [0.717, 1.165) is 22.5 Å². The lowest BCUT2D eigenvalue weighted by Gasteiger charge is -2.00. The Hall–Kier alpha value is -4.06. The average Bonchev–Trinajstić information content (AvgIpc) is 3.20. The number of nitrogens with one attached hydrogen (secondary N) is 1. The SMILES string of the molecule is O=C(N/N=C/c1cn(-c2ccccc2)nc1-c1ccccc1)c1cccnc1. The second-order valence-corrected chi connectivity index (χ2v) is 6.02. The molecule has 0 aliphatic carbocycles. The third-order valence-corrected chi connectivity index (χ3v) is 4.10. The lowest BCUT2D eigenvalue weighted by molar-refractivity contribution is 0.0955. The first-order chi connectivity index (χ1) is 13.8. The molecule has 0 aliphatic heterocycles. The summed E-state index contributed by atoms with van der Waals surface area (Å²) in [5, 5.41) is 8.81. The van der Waals surface area contributed by atoms with Crippen LogP contribution in [-0.2, 0) is 0 Å². The van der Waals surface area contributed by atoms with Crippen LogP contribution in [0.15, 0.2) is 96.5 Å². The Morgan fingerprint density at radius 1 is 0.964 bits per heavy atom. The Labute approximate surface area is 162 Å². The van der Waals surface area contributed by atoms with E-state index in [1.807, 2.05) is 66.9 Å². The summed E-state index contributed by atoms with van der Waals surface area (Å²) in [5.74, 6) is -0.318. The molecule has 6 nitrogen and oxygen atoms in total. The minimum Gasteiger partial charge on any atom is -0.267 e. The first-order valence-corrected chi connectivity index (χ1v) is 8.75. The monoisotopic (exact) mass is 367 g/mol. The largest absolute Gasteiger partial charge is 0.272 e. The van der Waals surface area contributed by atoms with E-state index >= 15 is 0 Å². The molecule has 4 aromatic rings. The predicted molar refractivity (Wildman–Crippen MR) is 108 cm³/mol. The lowest BCUT2D eigenvalue weighted by atomic mass is 10.1. The number of carbonyl (C=O) groups is 1. The van der Waals surface area contributed by atoms with E-state index < -0.39 is 0 Å². The molecule has 0 bridgehead atoms. The van der Waals surface area contributed by atoms with E-state index in [1.165, 1.54) is 6.20 Å². The second kappa shape index (κ2) is 8.09. The van der Waals surface area contributed by atoms with E-state index in [4.69, 9.17) is 5.10 Å². The number of carbonyl (C=O) groups excluding carboxylic acids is 1. The minimum atomic E-state index is -0.318. The number of para-hydroxylation sites is 1. The van der Waals surface area contributed by atoms with Crippen molar-refractivity contribution >= 4 is 12.1 Å². The van der Waals surface area contributed by atoms with Crippen molar-refractivity contribution in [3.63, 3.8) is 0 Å². The van der Waals surface area contributed by atoms with E-state index in [0.29, 0.717) is 5.56 Å². The summed E-state index contributed by atoms with van der Waals surface area (Å²) in [6.45, 7) is 0. The second-order valence-electron chi connectivity index (χ2n) is 6.02. The molecule has 28 heavy (non-hydrogen) atoms. The van der Waals surface area contributed by atoms with Crippen LogP contribution in [0.25, 0.3) is 16.9 Å². The molecule has 0 unspecified atom stereocenters. The van der Waals surface area contributed by atoms with Crippen molar-refractivity contribution in [2.24, 2.45) is 5.10 Å². The molecule has 0 saturated heterocycles. The van der Waals surface area contributed by atoms with E-state index in [1.54, 1.807) is 29.2 Å². The topological polar surface area (TPSA) is 72.2 Å². The van der Waals surface area contributed by atoms with Crippen molar-refractivity contribution in [2.45, 2.75) is 0 Å². The Balaban J connectivity index is 1.63. The predicted octanol–water partition coefficient (Wildman–Crippen LogP) is 3.70. The highest BCUT2D eigenvalue weighted by Gasteiger charge is 2.11. The molecule has 6 heteroatoms. The summed E-state index contributed by atoms with van der Waals surface area (Å²) in [6.07, 6.45) is 6.60. The quantitative estimate of drug-likeness (QED) is 0.432. The third kappa shape index (κ3) is 3.86. The van der Waals surface area contributed by atoms with Crippen molar-refractivity contribution in [1.29, 1.82) is 0 Å². The third-order valence-electron chi connectivity index (χ3n) is 4.10. The summed E-state index contributed by atoms with van der Waals surface area (Å²) < 4.78 is 1.80. The van der Waals surface area contributed by atoms with Crippen LogP contribution in [0, 0.1) is 0 Å². The van der Waals surface area contributed by atoms with Crippen molar-refractivity contribution in [3.8, 4) is 16.9 Å². The fraction of sp³-hybridized carbons (Fsp3) is 0. The van der Waals surface area contributed by atoms with E-state index in [-0.39, 0.29) is 5.91 Å². The zero-order valence-corrected chi connectivity index (χ0v) is 14.9. The number of hydrogen-bond acceptors (Lipinski definition) is 4. The molecule has 2 aromatic carbocycles. The van der Waals surface area contributed by atoms with Gasteiger partial charge in [-0.3, -0.25) is 9.78 Å². The molecule has 0 radical (unpaired) electrons. The molecule has 136 valence electrons. The van der Waals surface area contributed by atoms with Gasteiger partial charge >= 0.3 is 0 Å². The van der Waals surface area contributed by atoms with Gasteiger partial charge in [0.05, 0.1) is 17.5 Å². The summed E-state index contributed by atoms with van der Waals surface area (Å²) in [5.41, 5.74) is 6.46. The normalized spacial score (nSPS) is 10.9. The summed E-state index contributed by atoms with van der Waals surface area (Å²) in [4.78, 5) is 16.1. The van der Waals surface area contributed by atoms with Gasteiger partial charge in [0, 0.05) is 29.7 Å². The summed E-state index contributed by atoms with van der Waals surface area (Å²) in [7, 11) is 0. The van der Waals surface area contributed by atoms with Gasteiger partial charge in [0.25, 0.3) is 5.91 Å². The highest BCUT2D eigenvalue weighted by atomic mass is 16.2. The van der Waals surface area contributed by atoms with Crippen LogP contribution >= 0.6 is 0 Å². The van der Waals surface area contributed by atoms with E-state index in [2.05, 4.69) is 15.5 Å².